The van der Waals surface area contributed by atoms with Crippen molar-refractivity contribution in [2.24, 2.45) is 5.92 Å². The number of nitrogens with two attached hydrogens (primary N) is 1. The Balaban J connectivity index is 2.24. The van der Waals surface area contributed by atoms with Crippen molar-refractivity contribution in [3.05, 3.63) is 11.3 Å². The van der Waals surface area contributed by atoms with Gasteiger partial charge in [-0.1, -0.05) is 25.4 Å². The molecule has 0 saturated heterocycles. The Morgan fingerprint density at radius 3 is 2.85 bits per heavy atom. The smallest absolute Gasteiger partial charge is 0.170 e. The summed E-state index contributed by atoms with van der Waals surface area (Å²) in [5.74, 6) is 2.98. The third-order valence-electron chi connectivity index (χ3n) is 2.80. The summed E-state index contributed by atoms with van der Waals surface area (Å²) in [6.45, 7) is 4.38. The number of nitrogens with zero attached hydrogens (tertiary/aromatic N) is 1. The maximum atomic E-state index is 5.73. The summed E-state index contributed by atoms with van der Waals surface area (Å²) in [5, 5.41) is 3.83. The fourth-order valence-corrected chi connectivity index (χ4v) is 1.81. The zero-order valence-corrected chi connectivity index (χ0v) is 8.21. The molecule has 1 aromatic rings. The van der Waals surface area contributed by atoms with Crippen molar-refractivity contribution in [3.8, 4) is 0 Å². The predicted octanol–water partition coefficient (Wildman–Crippen LogP) is 2.33. The highest BCUT2D eigenvalue weighted by atomic mass is 16.5. The molecule has 1 saturated carbocycles. The largest absolute Gasteiger partial charge is 0.381 e. The van der Waals surface area contributed by atoms with Gasteiger partial charge in [-0.15, -0.1) is 0 Å². The molecule has 3 nitrogen and oxygen atoms in total. The van der Waals surface area contributed by atoms with E-state index < -0.39 is 0 Å². The summed E-state index contributed by atoms with van der Waals surface area (Å²) in [6, 6.07) is 0. The molecule has 0 amide bonds. The van der Waals surface area contributed by atoms with Gasteiger partial charge >= 0.3 is 0 Å². The number of anilines is 1. The van der Waals surface area contributed by atoms with Gasteiger partial charge in [0.25, 0.3) is 0 Å². The lowest BCUT2D eigenvalue weighted by Gasteiger charge is -1.97. The van der Waals surface area contributed by atoms with E-state index in [0.717, 1.165) is 30.1 Å². The van der Waals surface area contributed by atoms with Gasteiger partial charge in [0.2, 0.25) is 0 Å². The van der Waals surface area contributed by atoms with Gasteiger partial charge in [-0.25, -0.2) is 0 Å². The second-order valence-electron chi connectivity index (χ2n) is 3.98. The molecular weight excluding hydrogens is 164 g/mol. The number of aromatic nitrogens is 1. The Morgan fingerprint density at radius 2 is 2.31 bits per heavy atom. The molecule has 1 heterocycles. The van der Waals surface area contributed by atoms with Crippen molar-refractivity contribution >= 4 is 5.82 Å². The predicted molar refractivity (Wildman–Crippen MR) is 51.4 cm³/mol. The molecule has 0 radical (unpaired) electrons. The van der Waals surface area contributed by atoms with Crippen LogP contribution in [0.3, 0.4) is 0 Å². The summed E-state index contributed by atoms with van der Waals surface area (Å²) >= 11 is 0. The monoisotopic (exact) mass is 180 g/mol. The van der Waals surface area contributed by atoms with Crippen molar-refractivity contribution in [1.82, 2.24) is 5.16 Å². The minimum atomic E-state index is 0.589. The van der Waals surface area contributed by atoms with E-state index in [-0.39, 0.29) is 0 Å². The Morgan fingerprint density at radius 1 is 1.62 bits per heavy atom. The van der Waals surface area contributed by atoms with E-state index in [1.807, 2.05) is 0 Å². The minimum absolute atomic E-state index is 0.589. The Bertz CT molecular complexity index is 306. The van der Waals surface area contributed by atoms with E-state index in [9.17, 15) is 0 Å². The number of hydrogen-bond acceptors (Lipinski definition) is 3. The van der Waals surface area contributed by atoms with Gasteiger partial charge in [0, 0.05) is 11.5 Å². The quantitative estimate of drug-likeness (QED) is 0.776. The summed E-state index contributed by atoms with van der Waals surface area (Å²) in [4.78, 5) is 0. The van der Waals surface area contributed by atoms with E-state index >= 15 is 0 Å². The van der Waals surface area contributed by atoms with Gasteiger partial charge in [-0.3, -0.25) is 0 Å². The standard InChI is InChI=1S/C10H16N2O/c1-3-4-7-9(8-5-6(8)2)13-12-10(7)11/h6,8H,3-5H2,1-2H3,(H2,11,12). The van der Waals surface area contributed by atoms with Crippen LogP contribution in [-0.4, -0.2) is 5.16 Å². The van der Waals surface area contributed by atoms with Crippen molar-refractivity contribution in [2.75, 3.05) is 5.73 Å². The van der Waals surface area contributed by atoms with Gasteiger partial charge in [0.1, 0.15) is 5.76 Å². The molecule has 1 aliphatic rings. The lowest BCUT2D eigenvalue weighted by atomic mass is 10.1. The van der Waals surface area contributed by atoms with Crippen LogP contribution in [0, 0.1) is 5.92 Å². The first kappa shape index (κ1) is 8.60. The first-order valence-corrected chi connectivity index (χ1v) is 4.98. The average molecular weight is 180 g/mol. The van der Waals surface area contributed by atoms with Crippen molar-refractivity contribution in [2.45, 2.75) is 39.0 Å². The van der Waals surface area contributed by atoms with Crippen LogP contribution in [0.1, 0.15) is 43.9 Å². The maximum absolute atomic E-state index is 5.73. The molecule has 0 bridgehead atoms. The molecule has 1 aromatic heterocycles. The Hall–Kier alpha value is -0.990. The van der Waals surface area contributed by atoms with Crippen molar-refractivity contribution in [3.63, 3.8) is 0 Å². The zero-order chi connectivity index (χ0) is 9.42. The average Bonchev–Trinajstić information content (AvgIpc) is 2.70. The summed E-state index contributed by atoms with van der Waals surface area (Å²) in [6.07, 6.45) is 3.32. The van der Waals surface area contributed by atoms with E-state index in [1.165, 1.54) is 6.42 Å². The van der Waals surface area contributed by atoms with Gasteiger partial charge in [0.15, 0.2) is 5.82 Å². The third-order valence-corrected chi connectivity index (χ3v) is 2.80. The fraction of sp³-hybridized carbons (Fsp3) is 0.700. The highest BCUT2D eigenvalue weighted by Gasteiger charge is 2.39. The van der Waals surface area contributed by atoms with Crippen LogP contribution in [-0.2, 0) is 6.42 Å². The molecule has 13 heavy (non-hydrogen) atoms. The summed E-state index contributed by atoms with van der Waals surface area (Å²) < 4.78 is 5.27. The van der Waals surface area contributed by atoms with E-state index in [4.69, 9.17) is 10.3 Å². The van der Waals surface area contributed by atoms with Crippen LogP contribution < -0.4 is 5.73 Å². The van der Waals surface area contributed by atoms with E-state index in [2.05, 4.69) is 19.0 Å². The zero-order valence-electron chi connectivity index (χ0n) is 8.21. The van der Waals surface area contributed by atoms with Gasteiger partial charge in [-0.2, -0.15) is 0 Å². The highest BCUT2D eigenvalue weighted by molar-refractivity contribution is 5.43. The van der Waals surface area contributed by atoms with Gasteiger partial charge < -0.3 is 10.3 Å². The van der Waals surface area contributed by atoms with Crippen LogP contribution in [0.5, 0.6) is 0 Å². The molecule has 3 heteroatoms. The summed E-state index contributed by atoms with van der Waals surface area (Å²) in [7, 11) is 0. The van der Waals surface area contributed by atoms with Gasteiger partial charge in [-0.05, 0) is 18.8 Å². The molecule has 0 spiro atoms. The number of rotatable bonds is 3. The summed E-state index contributed by atoms with van der Waals surface area (Å²) in [5.41, 5.74) is 6.88. The van der Waals surface area contributed by atoms with Crippen LogP contribution in [0.15, 0.2) is 4.52 Å². The third kappa shape index (κ3) is 1.43. The van der Waals surface area contributed by atoms with Crippen LogP contribution >= 0.6 is 0 Å². The lowest BCUT2D eigenvalue weighted by Crippen LogP contribution is -1.94. The Kier molecular flexibility index (Phi) is 2.02. The molecule has 2 unspecified atom stereocenters. The van der Waals surface area contributed by atoms with E-state index in [1.54, 1.807) is 0 Å². The topological polar surface area (TPSA) is 52.0 Å². The molecule has 2 atom stereocenters. The second kappa shape index (κ2) is 3.05. The van der Waals surface area contributed by atoms with Crippen LogP contribution in [0.4, 0.5) is 5.82 Å². The highest BCUT2D eigenvalue weighted by Crippen LogP contribution is 2.48. The normalized spacial score (nSPS) is 26.3. The first-order chi connectivity index (χ1) is 6.24. The molecule has 0 aromatic carbocycles. The van der Waals surface area contributed by atoms with Crippen LogP contribution in [0.25, 0.3) is 0 Å². The van der Waals surface area contributed by atoms with Gasteiger partial charge in [0.05, 0.1) is 0 Å². The van der Waals surface area contributed by atoms with Crippen molar-refractivity contribution in [1.29, 1.82) is 0 Å². The van der Waals surface area contributed by atoms with Crippen molar-refractivity contribution < 1.29 is 4.52 Å². The second-order valence-corrected chi connectivity index (χ2v) is 3.98. The first-order valence-electron chi connectivity index (χ1n) is 4.98. The van der Waals surface area contributed by atoms with E-state index in [0.29, 0.717) is 11.7 Å². The Labute approximate surface area is 78.3 Å². The maximum Gasteiger partial charge on any atom is 0.170 e. The molecule has 1 aliphatic carbocycles. The minimum Gasteiger partial charge on any atom is -0.381 e. The molecule has 2 rings (SSSR count). The fourth-order valence-electron chi connectivity index (χ4n) is 1.81. The molecular formula is C10H16N2O. The number of hydrogen-bond donors (Lipinski definition) is 1. The molecule has 2 N–H and O–H groups in total. The molecule has 1 fully saturated rings. The molecule has 72 valence electrons. The lowest BCUT2D eigenvalue weighted by molar-refractivity contribution is 0.382. The molecule has 0 aliphatic heterocycles. The number of nitrogen functional groups attached to an aromatic ring is 1. The SMILES string of the molecule is CCCc1c(N)noc1C1CC1C. The van der Waals surface area contributed by atoms with Crippen LogP contribution in [0.2, 0.25) is 0 Å².